The Morgan fingerprint density at radius 3 is 2.37 bits per heavy atom. The molecule has 0 spiro atoms. The van der Waals surface area contributed by atoms with E-state index in [1.165, 1.54) is 0 Å². The number of rotatable bonds is 5. The van der Waals surface area contributed by atoms with E-state index < -0.39 is 0 Å². The number of hydrogen-bond acceptors (Lipinski definition) is 4. The van der Waals surface area contributed by atoms with Crippen molar-refractivity contribution >= 4 is 5.91 Å². The van der Waals surface area contributed by atoms with Gasteiger partial charge in [-0.15, -0.1) is 0 Å². The van der Waals surface area contributed by atoms with Crippen LogP contribution < -0.4 is 4.74 Å². The molecular weight excluding hydrogens is 378 g/mol. The van der Waals surface area contributed by atoms with E-state index in [9.17, 15) is 4.79 Å². The van der Waals surface area contributed by atoms with E-state index in [0.717, 1.165) is 16.9 Å². The minimum atomic E-state index is -0.0119. The van der Waals surface area contributed by atoms with Gasteiger partial charge in [-0.1, -0.05) is 30.3 Å². The van der Waals surface area contributed by atoms with E-state index in [1.807, 2.05) is 72.1 Å². The molecule has 156 valence electrons. The van der Waals surface area contributed by atoms with Crippen LogP contribution in [-0.4, -0.2) is 53.0 Å². The monoisotopic (exact) mass is 405 g/mol. The van der Waals surface area contributed by atoms with E-state index >= 15 is 0 Å². The fourth-order valence-electron chi connectivity index (χ4n) is 3.91. The highest BCUT2D eigenvalue weighted by Crippen LogP contribution is 2.27. The Kier molecular flexibility index (Phi) is 5.86. The number of amides is 1. The number of nitrogens with zero attached hydrogens (tertiary/aromatic N) is 3. The first-order valence-electron chi connectivity index (χ1n) is 10.2. The lowest BCUT2D eigenvalue weighted by Gasteiger charge is -2.35. The fourth-order valence-corrected chi connectivity index (χ4v) is 3.91. The number of hydrogen-bond donors (Lipinski definition) is 0. The Morgan fingerprint density at radius 2 is 1.73 bits per heavy atom. The summed E-state index contributed by atoms with van der Waals surface area (Å²) in [4.78, 5) is 15.3. The predicted octanol–water partition coefficient (Wildman–Crippen LogP) is 3.86. The maximum atomic E-state index is 13.5. The van der Waals surface area contributed by atoms with Crippen LogP contribution in [0.25, 0.3) is 11.3 Å². The smallest absolute Gasteiger partial charge is 0.257 e. The first-order chi connectivity index (χ1) is 14.5. The van der Waals surface area contributed by atoms with Crippen molar-refractivity contribution < 1.29 is 14.3 Å². The molecule has 1 aromatic heterocycles. The van der Waals surface area contributed by atoms with Crippen LogP contribution in [0.5, 0.6) is 5.75 Å². The van der Waals surface area contributed by atoms with Crippen LogP contribution in [0.1, 0.15) is 29.8 Å². The summed E-state index contributed by atoms with van der Waals surface area (Å²) >= 11 is 0. The van der Waals surface area contributed by atoms with Gasteiger partial charge in [0, 0.05) is 24.8 Å². The summed E-state index contributed by atoms with van der Waals surface area (Å²) in [6.07, 6.45) is 1.89. The minimum Gasteiger partial charge on any atom is -0.497 e. The van der Waals surface area contributed by atoms with Crippen LogP contribution in [0.4, 0.5) is 0 Å². The topological polar surface area (TPSA) is 56.6 Å². The van der Waals surface area contributed by atoms with Gasteiger partial charge in [0.2, 0.25) is 0 Å². The van der Waals surface area contributed by atoms with Crippen molar-refractivity contribution in [1.29, 1.82) is 0 Å². The number of carbonyl (C=O) groups is 1. The third kappa shape index (κ3) is 4.39. The molecule has 3 aromatic rings. The lowest BCUT2D eigenvalue weighted by Crippen LogP contribution is -2.48. The van der Waals surface area contributed by atoms with Gasteiger partial charge < -0.3 is 14.4 Å². The first-order valence-corrected chi connectivity index (χ1v) is 10.2. The van der Waals surface area contributed by atoms with Crippen molar-refractivity contribution in [3.8, 4) is 17.0 Å². The van der Waals surface area contributed by atoms with Gasteiger partial charge in [0.05, 0.1) is 31.4 Å². The lowest BCUT2D eigenvalue weighted by molar-refractivity contribution is -0.0586. The van der Waals surface area contributed by atoms with Crippen molar-refractivity contribution in [3.63, 3.8) is 0 Å². The molecule has 1 fully saturated rings. The molecule has 2 heterocycles. The molecule has 1 aliphatic heterocycles. The van der Waals surface area contributed by atoms with Crippen molar-refractivity contribution in [2.75, 3.05) is 20.2 Å². The number of methoxy groups -OCH3 is 1. The molecular formula is C24H27N3O3. The van der Waals surface area contributed by atoms with Crippen LogP contribution >= 0.6 is 0 Å². The molecule has 4 rings (SSSR count). The zero-order valence-corrected chi connectivity index (χ0v) is 17.6. The van der Waals surface area contributed by atoms with Crippen LogP contribution in [0, 0.1) is 0 Å². The van der Waals surface area contributed by atoms with Crippen LogP contribution in [0.3, 0.4) is 0 Å². The molecule has 0 unspecified atom stereocenters. The van der Waals surface area contributed by atoms with Crippen molar-refractivity contribution in [2.45, 2.75) is 32.6 Å². The summed E-state index contributed by atoms with van der Waals surface area (Å²) in [6.45, 7) is 5.76. The second-order valence-corrected chi connectivity index (χ2v) is 7.77. The second kappa shape index (κ2) is 8.71. The third-order valence-corrected chi connectivity index (χ3v) is 5.25. The fraction of sp³-hybridized carbons (Fsp3) is 0.333. The summed E-state index contributed by atoms with van der Waals surface area (Å²) in [5.74, 6) is 0.758. The highest BCUT2D eigenvalue weighted by molar-refractivity contribution is 6.00. The Labute approximate surface area is 177 Å². The summed E-state index contributed by atoms with van der Waals surface area (Å²) in [7, 11) is 1.64. The molecule has 0 radical (unpaired) electrons. The minimum absolute atomic E-state index is 0.0119. The van der Waals surface area contributed by atoms with Crippen molar-refractivity contribution in [1.82, 2.24) is 14.7 Å². The van der Waals surface area contributed by atoms with Crippen LogP contribution in [0.2, 0.25) is 0 Å². The van der Waals surface area contributed by atoms with E-state index in [1.54, 1.807) is 7.11 Å². The molecule has 0 bridgehead atoms. The maximum Gasteiger partial charge on any atom is 0.257 e. The molecule has 0 saturated carbocycles. The van der Waals surface area contributed by atoms with Gasteiger partial charge in [-0.2, -0.15) is 5.10 Å². The SMILES string of the molecule is COc1ccc(-c2nn(Cc3ccccc3)cc2C(=O)N2C[C@@H](C)O[C@@H](C)C2)cc1. The lowest BCUT2D eigenvalue weighted by atomic mass is 10.1. The number of morpholine rings is 1. The average Bonchev–Trinajstić information content (AvgIpc) is 3.17. The Morgan fingerprint density at radius 1 is 1.07 bits per heavy atom. The predicted molar refractivity (Wildman–Crippen MR) is 116 cm³/mol. The van der Waals surface area contributed by atoms with Gasteiger partial charge in [-0.3, -0.25) is 9.48 Å². The number of aromatic nitrogens is 2. The molecule has 6 heteroatoms. The van der Waals surface area contributed by atoms with Crippen LogP contribution in [0.15, 0.2) is 60.8 Å². The molecule has 2 atom stereocenters. The van der Waals surface area contributed by atoms with Gasteiger partial charge >= 0.3 is 0 Å². The van der Waals surface area contributed by atoms with Gasteiger partial charge in [-0.25, -0.2) is 0 Å². The van der Waals surface area contributed by atoms with E-state index in [2.05, 4.69) is 12.1 Å². The van der Waals surface area contributed by atoms with Gasteiger partial charge in [0.25, 0.3) is 5.91 Å². The zero-order valence-electron chi connectivity index (χ0n) is 17.6. The van der Waals surface area contributed by atoms with Crippen molar-refractivity contribution in [2.24, 2.45) is 0 Å². The zero-order chi connectivity index (χ0) is 21.1. The summed E-state index contributed by atoms with van der Waals surface area (Å²) in [5, 5.41) is 4.78. The number of ether oxygens (including phenoxy) is 2. The first kappa shape index (κ1) is 20.2. The van der Waals surface area contributed by atoms with Gasteiger partial charge in [0.1, 0.15) is 11.4 Å². The van der Waals surface area contributed by atoms with Gasteiger partial charge in [-0.05, 0) is 43.7 Å². The maximum absolute atomic E-state index is 13.5. The average molecular weight is 405 g/mol. The summed E-state index contributed by atoms with van der Waals surface area (Å²) in [6, 6.07) is 17.8. The number of carbonyl (C=O) groups excluding carboxylic acids is 1. The largest absolute Gasteiger partial charge is 0.497 e. The normalized spacial score (nSPS) is 19.0. The standard InChI is InChI=1S/C24H27N3O3/c1-17-13-26(14-18(2)30-17)24(28)22-16-27(15-19-7-5-4-6-8-19)25-23(22)20-9-11-21(29-3)12-10-20/h4-12,16-18H,13-15H2,1-3H3/t17-,18+. The summed E-state index contributed by atoms with van der Waals surface area (Å²) in [5.41, 5.74) is 3.32. The Bertz CT molecular complexity index is 988. The molecule has 1 aliphatic rings. The third-order valence-electron chi connectivity index (χ3n) is 5.25. The molecule has 0 aliphatic carbocycles. The van der Waals surface area contributed by atoms with E-state index in [-0.39, 0.29) is 18.1 Å². The molecule has 6 nitrogen and oxygen atoms in total. The van der Waals surface area contributed by atoms with Gasteiger partial charge in [0.15, 0.2) is 0 Å². The molecule has 2 aromatic carbocycles. The Hall–Kier alpha value is -3.12. The molecule has 1 amide bonds. The highest BCUT2D eigenvalue weighted by Gasteiger charge is 2.29. The summed E-state index contributed by atoms with van der Waals surface area (Å²) < 4.78 is 12.9. The molecule has 30 heavy (non-hydrogen) atoms. The van der Waals surface area contributed by atoms with Crippen molar-refractivity contribution in [3.05, 3.63) is 71.9 Å². The molecule has 1 saturated heterocycles. The quantitative estimate of drug-likeness (QED) is 0.647. The second-order valence-electron chi connectivity index (χ2n) is 7.77. The van der Waals surface area contributed by atoms with E-state index in [4.69, 9.17) is 14.6 Å². The van der Waals surface area contributed by atoms with E-state index in [0.29, 0.717) is 30.9 Å². The highest BCUT2D eigenvalue weighted by atomic mass is 16.5. The Balaban J connectivity index is 1.70. The molecule has 0 N–H and O–H groups in total. The number of benzene rings is 2. The van der Waals surface area contributed by atoms with Crippen LogP contribution in [-0.2, 0) is 11.3 Å².